The smallest absolute Gasteiger partial charge is 0.343 e. The molecule has 0 spiro atoms. The predicted molar refractivity (Wildman–Crippen MR) is 146 cm³/mol. The zero-order valence-electron chi connectivity index (χ0n) is 21.7. The highest BCUT2D eigenvalue weighted by molar-refractivity contribution is 5.90. The molecule has 0 N–H and O–H groups in total. The molecular weight excluding hydrogens is 428 g/mol. The number of esters is 1. The van der Waals surface area contributed by atoms with Crippen LogP contribution in [0.1, 0.15) is 81.3 Å². The molecule has 0 saturated heterocycles. The second-order valence-corrected chi connectivity index (χ2v) is 10.8. The van der Waals surface area contributed by atoms with Gasteiger partial charge in [-0.15, -0.1) is 0 Å². The van der Waals surface area contributed by atoms with Crippen molar-refractivity contribution in [3.8, 4) is 0 Å². The van der Waals surface area contributed by atoms with E-state index >= 15 is 0 Å². The Labute approximate surface area is 211 Å². The van der Waals surface area contributed by atoms with Crippen LogP contribution in [0.5, 0.6) is 0 Å². The van der Waals surface area contributed by atoms with Crippen molar-refractivity contribution in [1.82, 2.24) is 0 Å². The molecule has 0 bridgehead atoms. The van der Waals surface area contributed by atoms with Gasteiger partial charge in [0.25, 0.3) is 0 Å². The highest BCUT2D eigenvalue weighted by Gasteiger charge is 2.30. The summed E-state index contributed by atoms with van der Waals surface area (Å²) in [6, 6.07) is 18.6. The van der Waals surface area contributed by atoms with Gasteiger partial charge >= 0.3 is 5.97 Å². The van der Waals surface area contributed by atoms with E-state index < -0.39 is 0 Å². The summed E-state index contributed by atoms with van der Waals surface area (Å²) < 4.78 is 5.68. The van der Waals surface area contributed by atoms with Gasteiger partial charge in [0.05, 0.1) is 5.56 Å². The molecule has 35 heavy (non-hydrogen) atoms. The summed E-state index contributed by atoms with van der Waals surface area (Å²) >= 11 is 0. The van der Waals surface area contributed by atoms with Crippen LogP contribution in [-0.2, 0) is 11.2 Å². The van der Waals surface area contributed by atoms with Crippen molar-refractivity contribution < 1.29 is 9.53 Å². The summed E-state index contributed by atoms with van der Waals surface area (Å²) in [5, 5.41) is 0. The minimum Gasteiger partial charge on any atom is -0.428 e. The molecular formula is C33H38O2. The molecule has 2 aromatic rings. The van der Waals surface area contributed by atoms with E-state index in [0.717, 1.165) is 49.8 Å². The van der Waals surface area contributed by atoms with Crippen molar-refractivity contribution in [2.75, 3.05) is 0 Å². The maximum absolute atomic E-state index is 12.7. The molecule has 4 rings (SSSR count). The molecule has 1 unspecified atom stereocenters. The Morgan fingerprint density at radius 3 is 2.43 bits per heavy atom. The number of carbonyl (C=O) groups is 1. The normalized spacial score (nSPS) is 21.0. The molecule has 1 atom stereocenters. The first-order valence-corrected chi connectivity index (χ1v) is 12.8. The zero-order valence-corrected chi connectivity index (χ0v) is 21.7. The first-order valence-electron chi connectivity index (χ1n) is 12.8. The van der Waals surface area contributed by atoms with Crippen LogP contribution in [0.2, 0.25) is 0 Å². The van der Waals surface area contributed by atoms with E-state index in [-0.39, 0.29) is 11.4 Å². The number of carbonyl (C=O) groups excluding carboxylic acids is 1. The predicted octanol–water partition coefficient (Wildman–Crippen LogP) is 8.87. The lowest BCUT2D eigenvalue weighted by Crippen LogP contribution is -2.23. The lowest BCUT2D eigenvalue weighted by molar-refractivity contribution is 0.0605. The minimum atomic E-state index is -0.273. The molecule has 0 fully saturated rings. The Balaban J connectivity index is 1.47. The number of allylic oxidation sites excluding steroid dienone is 6. The van der Waals surface area contributed by atoms with E-state index in [0.29, 0.717) is 11.5 Å². The van der Waals surface area contributed by atoms with Crippen molar-refractivity contribution in [2.24, 2.45) is 11.3 Å². The molecule has 0 radical (unpaired) electrons. The minimum absolute atomic E-state index is 0.197. The average molecular weight is 467 g/mol. The summed E-state index contributed by atoms with van der Waals surface area (Å²) in [5.74, 6) is 1.01. The Bertz CT molecular complexity index is 1170. The lowest BCUT2D eigenvalue weighted by atomic mass is 9.69. The monoisotopic (exact) mass is 466 g/mol. The number of ether oxygens (including phenoxy) is 1. The summed E-state index contributed by atoms with van der Waals surface area (Å²) in [6.45, 7) is 13.1. The Kier molecular flexibility index (Phi) is 7.60. The summed E-state index contributed by atoms with van der Waals surface area (Å²) in [4.78, 5) is 12.7. The van der Waals surface area contributed by atoms with Crippen molar-refractivity contribution >= 4 is 12.0 Å². The summed E-state index contributed by atoms with van der Waals surface area (Å²) in [7, 11) is 0. The number of benzene rings is 2. The topological polar surface area (TPSA) is 26.3 Å². The van der Waals surface area contributed by atoms with E-state index in [1.54, 1.807) is 0 Å². The van der Waals surface area contributed by atoms with Gasteiger partial charge in [-0.05, 0) is 97.8 Å². The molecule has 0 aromatic heterocycles. The van der Waals surface area contributed by atoms with Gasteiger partial charge in [-0.1, -0.05) is 80.1 Å². The zero-order chi connectivity index (χ0) is 25.0. The molecule has 182 valence electrons. The highest BCUT2D eigenvalue weighted by Crippen LogP contribution is 2.44. The average Bonchev–Trinajstić information content (AvgIpc) is 2.85. The second kappa shape index (κ2) is 10.6. The molecule has 2 nitrogen and oxygen atoms in total. The third kappa shape index (κ3) is 6.11. The van der Waals surface area contributed by atoms with Gasteiger partial charge in [0.1, 0.15) is 5.76 Å². The maximum atomic E-state index is 12.7. The largest absolute Gasteiger partial charge is 0.428 e. The molecule has 2 aromatic carbocycles. The van der Waals surface area contributed by atoms with Gasteiger partial charge in [-0.3, -0.25) is 0 Å². The van der Waals surface area contributed by atoms with Crippen LogP contribution >= 0.6 is 0 Å². The van der Waals surface area contributed by atoms with Crippen LogP contribution in [0.3, 0.4) is 0 Å². The quantitative estimate of drug-likeness (QED) is 0.314. The Hall–Kier alpha value is -3.13. The van der Waals surface area contributed by atoms with Crippen molar-refractivity contribution in [2.45, 2.75) is 66.2 Å². The van der Waals surface area contributed by atoms with Gasteiger partial charge in [0.15, 0.2) is 0 Å². The van der Waals surface area contributed by atoms with Gasteiger partial charge < -0.3 is 4.74 Å². The fraction of sp³-hybridized carbons (Fsp3) is 0.364. The second-order valence-electron chi connectivity index (χ2n) is 10.8. The molecule has 2 aliphatic rings. The third-order valence-corrected chi connectivity index (χ3v) is 7.77. The SMILES string of the molecule is C=C(C)C1CC=C(OC(=O)c2ccc(/C=C3/CCC(C)(C)C(Cc4ccccc4)=C3C)cc2)CC1. The highest BCUT2D eigenvalue weighted by atomic mass is 16.5. The van der Waals surface area contributed by atoms with E-state index in [4.69, 9.17) is 4.74 Å². The first-order chi connectivity index (χ1) is 16.7. The van der Waals surface area contributed by atoms with E-state index in [9.17, 15) is 4.79 Å². The van der Waals surface area contributed by atoms with Crippen LogP contribution in [0.15, 0.2) is 95.3 Å². The first kappa shape index (κ1) is 25.0. The molecule has 2 heteroatoms. The molecule has 0 heterocycles. The lowest BCUT2D eigenvalue weighted by Gasteiger charge is -2.36. The van der Waals surface area contributed by atoms with E-state index in [1.165, 1.54) is 27.9 Å². The number of rotatable bonds is 6. The van der Waals surface area contributed by atoms with E-state index in [1.807, 2.05) is 30.3 Å². The van der Waals surface area contributed by atoms with Gasteiger partial charge in [0.2, 0.25) is 0 Å². The number of hydrogen-bond acceptors (Lipinski definition) is 2. The summed E-state index contributed by atoms with van der Waals surface area (Å²) in [5.41, 5.74) is 8.81. The van der Waals surface area contributed by atoms with Gasteiger partial charge in [0, 0.05) is 6.42 Å². The van der Waals surface area contributed by atoms with Gasteiger partial charge in [-0.25, -0.2) is 4.79 Å². The van der Waals surface area contributed by atoms with Crippen molar-refractivity contribution in [3.05, 3.63) is 112 Å². The Morgan fingerprint density at radius 2 is 1.80 bits per heavy atom. The fourth-order valence-corrected chi connectivity index (χ4v) is 5.28. The van der Waals surface area contributed by atoms with Crippen LogP contribution < -0.4 is 0 Å². The fourth-order valence-electron chi connectivity index (χ4n) is 5.28. The Morgan fingerprint density at radius 1 is 1.09 bits per heavy atom. The van der Waals surface area contributed by atoms with E-state index in [2.05, 4.69) is 70.7 Å². The molecule has 0 saturated carbocycles. The molecule has 2 aliphatic carbocycles. The van der Waals surface area contributed by atoms with Crippen molar-refractivity contribution in [3.63, 3.8) is 0 Å². The number of hydrogen-bond donors (Lipinski definition) is 0. The third-order valence-electron chi connectivity index (χ3n) is 7.77. The maximum Gasteiger partial charge on any atom is 0.343 e. The van der Waals surface area contributed by atoms with Gasteiger partial charge in [-0.2, -0.15) is 0 Å². The van der Waals surface area contributed by atoms with Crippen LogP contribution in [0.4, 0.5) is 0 Å². The summed E-state index contributed by atoms with van der Waals surface area (Å²) in [6.07, 6.45) is 10.2. The van der Waals surface area contributed by atoms with Crippen LogP contribution in [-0.4, -0.2) is 5.97 Å². The van der Waals surface area contributed by atoms with Crippen LogP contribution in [0.25, 0.3) is 6.08 Å². The van der Waals surface area contributed by atoms with Crippen molar-refractivity contribution in [1.29, 1.82) is 0 Å². The molecule has 0 aliphatic heterocycles. The van der Waals surface area contributed by atoms with Crippen LogP contribution in [0, 0.1) is 11.3 Å². The standard InChI is InChI=1S/C33H38O2/c1-23(2)27-15-17-30(18-16-27)35-32(34)28-13-11-26(12-14-28)21-29-19-20-33(4,5)31(24(29)3)22-25-9-7-6-8-10-25/h6-14,17,21,27H,1,15-16,18-20,22H2,2-5H3/b29-21-. The molecule has 0 amide bonds.